The van der Waals surface area contributed by atoms with Gasteiger partial charge in [-0.05, 0) is 63.6 Å². The minimum atomic E-state index is 0.454. The van der Waals surface area contributed by atoms with Crippen LogP contribution in [0.1, 0.15) is 85.5 Å². The van der Waals surface area contributed by atoms with Crippen LogP contribution < -0.4 is 5.32 Å². The van der Waals surface area contributed by atoms with Crippen molar-refractivity contribution in [1.82, 2.24) is 10.2 Å². The first-order chi connectivity index (χ1) is 9.98. The van der Waals surface area contributed by atoms with Crippen molar-refractivity contribution in [3.05, 3.63) is 0 Å². The van der Waals surface area contributed by atoms with E-state index in [4.69, 9.17) is 0 Å². The lowest BCUT2D eigenvalue weighted by atomic mass is 9.78. The van der Waals surface area contributed by atoms with Gasteiger partial charge in [0, 0.05) is 11.6 Å². The molecule has 2 heteroatoms. The van der Waals surface area contributed by atoms with E-state index in [0.29, 0.717) is 17.0 Å². The standard InChI is InChI=1S/C19H38N2/c1-5-20-17(11-14-18(2,3)4)19(12-7-8-13-19)21-15-9-6-10-16-21/h17,20H,5-16H2,1-4H3. The Balaban J connectivity index is 2.11. The maximum absolute atomic E-state index is 3.89. The van der Waals surface area contributed by atoms with Crippen molar-refractivity contribution in [1.29, 1.82) is 0 Å². The van der Waals surface area contributed by atoms with E-state index in [0.717, 1.165) is 6.54 Å². The molecule has 0 aromatic rings. The molecule has 1 heterocycles. The topological polar surface area (TPSA) is 15.3 Å². The van der Waals surface area contributed by atoms with Crippen LogP contribution in [0, 0.1) is 5.41 Å². The van der Waals surface area contributed by atoms with Crippen LogP contribution in [-0.2, 0) is 0 Å². The number of rotatable bonds is 6. The van der Waals surface area contributed by atoms with Gasteiger partial charge in [0.2, 0.25) is 0 Å². The molecule has 2 rings (SSSR count). The van der Waals surface area contributed by atoms with E-state index in [9.17, 15) is 0 Å². The average Bonchev–Trinajstić information content (AvgIpc) is 2.94. The lowest BCUT2D eigenvalue weighted by Gasteiger charge is -2.49. The van der Waals surface area contributed by atoms with Gasteiger partial charge in [0.25, 0.3) is 0 Å². The zero-order chi connectivity index (χ0) is 15.3. The van der Waals surface area contributed by atoms with Crippen LogP contribution in [0.15, 0.2) is 0 Å². The molecular weight excluding hydrogens is 256 g/mol. The van der Waals surface area contributed by atoms with E-state index in [2.05, 4.69) is 37.9 Å². The van der Waals surface area contributed by atoms with Gasteiger partial charge in [0.15, 0.2) is 0 Å². The largest absolute Gasteiger partial charge is 0.312 e. The number of likely N-dealkylation sites (N-methyl/N-ethyl adjacent to an activating group) is 1. The minimum Gasteiger partial charge on any atom is -0.312 e. The van der Waals surface area contributed by atoms with Gasteiger partial charge in [-0.3, -0.25) is 4.90 Å². The quantitative estimate of drug-likeness (QED) is 0.771. The normalized spacial score (nSPS) is 25.1. The van der Waals surface area contributed by atoms with Gasteiger partial charge in [0.05, 0.1) is 0 Å². The molecule has 1 atom stereocenters. The first-order valence-corrected chi connectivity index (χ1v) is 9.46. The summed E-state index contributed by atoms with van der Waals surface area (Å²) in [5.74, 6) is 0. The molecule has 1 saturated heterocycles. The van der Waals surface area contributed by atoms with Crippen molar-refractivity contribution in [2.45, 2.75) is 97.1 Å². The molecule has 0 spiro atoms. The highest BCUT2D eigenvalue weighted by Gasteiger charge is 2.45. The van der Waals surface area contributed by atoms with Crippen LogP contribution in [0.3, 0.4) is 0 Å². The summed E-state index contributed by atoms with van der Waals surface area (Å²) in [6.45, 7) is 13.2. The Bertz CT molecular complexity index is 293. The number of hydrogen-bond acceptors (Lipinski definition) is 2. The van der Waals surface area contributed by atoms with Crippen molar-refractivity contribution in [3.8, 4) is 0 Å². The fraction of sp³-hybridized carbons (Fsp3) is 1.00. The van der Waals surface area contributed by atoms with Crippen molar-refractivity contribution in [2.75, 3.05) is 19.6 Å². The van der Waals surface area contributed by atoms with E-state index in [1.165, 1.54) is 70.9 Å². The average molecular weight is 295 g/mol. The highest BCUT2D eigenvalue weighted by molar-refractivity contribution is 5.04. The second-order valence-corrected chi connectivity index (χ2v) is 8.57. The lowest BCUT2D eigenvalue weighted by Crippen LogP contribution is -2.61. The zero-order valence-electron chi connectivity index (χ0n) is 15.0. The summed E-state index contributed by atoms with van der Waals surface area (Å²) in [6.07, 6.45) is 12.7. The second kappa shape index (κ2) is 7.46. The molecule has 2 nitrogen and oxygen atoms in total. The number of nitrogens with zero attached hydrogens (tertiary/aromatic N) is 1. The molecule has 1 saturated carbocycles. The number of piperidine rings is 1. The Morgan fingerprint density at radius 3 is 2.14 bits per heavy atom. The maximum Gasteiger partial charge on any atom is 0.0362 e. The van der Waals surface area contributed by atoms with Gasteiger partial charge in [-0.25, -0.2) is 0 Å². The summed E-state index contributed by atoms with van der Waals surface area (Å²) < 4.78 is 0. The molecule has 0 amide bonds. The molecule has 0 radical (unpaired) electrons. The maximum atomic E-state index is 3.89. The Morgan fingerprint density at radius 2 is 1.62 bits per heavy atom. The van der Waals surface area contributed by atoms with Crippen LogP contribution in [0.4, 0.5) is 0 Å². The molecule has 2 aliphatic rings. The molecule has 124 valence electrons. The summed E-state index contributed by atoms with van der Waals surface area (Å²) in [5.41, 5.74) is 0.928. The molecule has 0 aromatic carbocycles. The van der Waals surface area contributed by atoms with Gasteiger partial charge >= 0.3 is 0 Å². The summed E-state index contributed by atoms with van der Waals surface area (Å²) >= 11 is 0. The second-order valence-electron chi connectivity index (χ2n) is 8.57. The number of nitrogens with one attached hydrogen (secondary N) is 1. The number of hydrogen-bond donors (Lipinski definition) is 1. The molecule has 0 bridgehead atoms. The third-order valence-electron chi connectivity index (χ3n) is 5.74. The lowest BCUT2D eigenvalue weighted by molar-refractivity contribution is 0.0311. The Kier molecular flexibility index (Phi) is 6.14. The third-order valence-corrected chi connectivity index (χ3v) is 5.74. The van der Waals surface area contributed by atoms with E-state index >= 15 is 0 Å². The van der Waals surface area contributed by atoms with Crippen molar-refractivity contribution in [3.63, 3.8) is 0 Å². The molecule has 1 aliphatic carbocycles. The molecule has 21 heavy (non-hydrogen) atoms. The van der Waals surface area contributed by atoms with Gasteiger partial charge < -0.3 is 5.32 Å². The Morgan fingerprint density at radius 1 is 1.00 bits per heavy atom. The predicted molar refractivity (Wildman–Crippen MR) is 92.8 cm³/mol. The van der Waals surface area contributed by atoms with Gasteiger partial charge in [-0.2, -0.15) is 0 Å². The summed E-state index contributed by atoms with van der Waals surface area (Å²) in [4.78, 5) is 2.89. The summed E-state index contributed by atoms with van der Waals surface area (Å²) in [7, 11) is 0. The van der Waals surface area contributed by atoms with E-state index in [-0.39, 0.29) is 0 Å². The fourth-order valence-electron chi connectivity index (χ4n) is 4.60. The first kappa shape index (κ1) is 17.3. The molecule has 1 aliphatic heterocycles. The Hall–Kier alpha value is -0.0800. The van der Waals surface area contributed by atoms with E-state index in [1.54, 1.807) is 0 Å². The van der Waals surface area contributed by atoms with Gasteiger partial charge in [-0.1, -0.05) is 47.0 Å². The van der Waals surface area contributed by atoms with Gasteiger partial charge in [0.1, 0.15) is 0 Å². The predicted octanol–water partition coefficient (Wildman–Crippen LogP) is 4.59. The summed E-state index contributed by atoms with van der Waals surface area (Å²) in [6, 6.07) is 0.697. The summed E-state index contributed by atoms with van der Waals surface area (Å²) in [5, 5.41) is 3.89. The minimum absolute atomic E-state index is 0.454. The first-order valence-electron chi connectivity index (χ1n) is 9.46. The molecule has 1 unspecified atom stereocenters. The third kappa shape index (κ3) is 4.45. The highest BCUT2D eigenvalue weighted by atomic mass is 15.2. The van der Waals surface area contributed by atoms with Crippen LogP contribution in [-0.4, -0.2) is 36.1 Å². The van der Waals surface area contributed by atoms with Crippen LogP contribution in [0.25, 0.3) is 0 Å². The van der Waals surface area contributed by atoms with Crippen molar-refractivity contribution in [2.24, 2.45) is 5.41 Å². The van der Waals surface area contributed by atoms with E-state index in [1.807, 2.05) is 0 Å². The van der Waals surface area contributed by atoms with Gasteiger partial charge in [-0.15, -0.1) is 0 Å². The highest BCUT2D eigenvalue weighted by Crippen LogP contribution is 2.41. The van der Waals surface area contributed by atoms with Crippen molar-refractivity contribution < 1.29 is 0 Å². The number of likely N-dealkylation sites (tertiary alicyclic amines) is 1. The van der Waals surface area contributed by atoms with Crippen LogP contribution >= 0.6 is 0 Å². The monoisotopic (exact) mass is 294 g/mol. The zero-order valence-corrected chi connectivity index (χ0v) is 15.0. The molecule has 2 fully saturated rings. The van der Waals surface area contributed by atoms with E-state index < -0.39 is 0 Å². The van der Waals surface area contributed by atoms with Crippen molar-refractivity contribution >= 4 is 0 Å². The van der Waals surface area contributed by atoms with Crippen LogP contribution in [0.2, 0.25) is 0 Å². The Labute approximate surface area is 133 Å². The molecular formula is C19H38N2. The smallest absolute Gasteiger partial charge is 0.0362 e. The molecule has 1 N–H and O–H groups in total. The van der Waals surface area contributed by atoms with Crippen LogP contribution in [0.5, 0.6) is 0 Å². The fourth-order valence-corrected chi connectivity index (χ4v) is 4.60. The molecule has 0 aromatic heterocycles. The SMILES string of the molecule is CCNC(CCC(C)(C)C)C1(N2CCCCC2)CCCC1.